The minimum absolute atomic E-state index is 0.0475. The average Bonchev–Trinajstić information content (AvgIpc) is 3.17. The molecule has 0 spiro atoms. The summed E-state index contributed by atoms with van der Waals surface area (Å²) in [5, 5.41) is 22.5. The first kappa shape index (κ1) is 19.4. The Morgan fingerprint density at radius 3 is 2.76 bits per heavy atom. The van der Waals surface area contributed by atoms with E-state index in [9.17, 15) is 19.7 Å². The molecule has 1 amide bonds. The van der Waals surface area contributed by atoms with Crippen LogP contribution in [0.15, 0.2) is 42.5 Å². The summed E-state index contributed by atoms with van der Waals surface area (Å²) in [5.74, 6) is -0.898. The normalized spacial score (nSPS) is 11.7. The summed E-state index contributed by atoms with van der Waals surface area (Å²) in [5.41, 5.74) is 0.604. The van der Waals surface area contributed by atoms with Crippen LogP contribution in [0.4, 0.5) is 11.4 Å². The van der Waals surface area contributed by atoms with E-state index in [1.54, 1.807) is 18.2 Å². The Balaban J connectivity index is 1.59. The number of benzene rings is 2. The van der Waals surface area contributed by atoms with Crippen molar-refractivity contribution in [2.75, 3.05) is 18.7 Å². The highest BCUT2D eigenvalue weighted by Crippen LogP contribution is 2.38. The maximum absolute atomic E-state index is 11.8. The monoisotopic (exact) mass is 395 g/mol. The lowest BCUT2D eigenvalue weighted by atomic mass is 10.1. The number of nitro benzene ring substituents is 1. The van der Waals surface area contributed by atoms with E-state index in [0.717, 1.165) is 6.08 Å². The predicted octanol–water partition coefficient (Wildman–Crippen LogP) is 2.39. The Kier molecular flexibility index (Phi) is 5.70. The molecule has 0 aliphatic carbocycles. The SMILES string of the molecule is N#Cc1cccc(NC(=O)COC(=O)/C=C/c2cc3c(cc2[N+](=O)[O-])OCO3)c1. The fraction of sp³-hybridized carbons (Fsp3) is 0.105. The topological polar surface area (TPSA) is 141 Å². The van der Waals surface area contributed by atoms with Crippen molar-refractivity contribution in [3.8, 4) is 17.6 Å². The first-order chi connectivity index (χ1) is 14.0. The van der Waals surface area contributed by atoms with Gasteiger partial charge in [-0.05, 0) is 30.3 Å². The number of ether oxygens (including phenoxy) is 3. The molecule has 146 valence electrons. The molecule has 3 rings (SSSR count). The molecule has 1 aliphatic heterocycles. The summed E-state index contributed by atoms with van der Waals surface area (Å²) in [6, 6.07) is 10.7. The Hall–Kier alpha value is -4.39. The van der Waals surface area contributed by atoms with Crippen LogP contribution < -0.4 is 14.8 Å². The molecule has 0 saturated carbocycles. The zero-order chi connectivity index (χ0) is 20.8. The van der Waals surface area contributed by atoms with Gasteiger partial charge < -0.3 is 19.5 Å². The van der Waals surface area contributed by atoms with Gasteiger partial charge in [-0.3, -0.25) is 14.9 Å². The zero-order valence-corrected chi connectivity index (χ0v) is 14.8. The van der Waals surface area contributed by atoms with E-state index >= 15 is 0 Å². The van der Waals surface area contributed by atoms with Gasteiger partial charge in [0.05, 0.1) is 28.2 Å². The minimum Gasteiger partial charge on any atom is -0.454 e. The van der Waals surface area contributed by atoms with Gasteiger partial charge in [0.25, 0.3) is 11.6 Å². The lowest BCUT2D eigenvalue weighted by Crippen LogP contribution is -2.20. The maximum Gasteiger partial charge on any atom is 0.331 e. The van der Waals surface area contributed by atoms with Crippen LogP contribution in [-0.4, -0.2) is 30.2 Å². The van der Waals surface area contributed by atoms with Crippen LogP contribution >= 0.6 is 0 Å². The number of fused-ring (bicyclic) bond motifs is 1. The molecule has 10 heteroatoms. The quantitative estimate of drug-likeness (QED) is 0.340. The number of hydrogen-bond acceptors (Lipinski definition) is 8. The van der Waals surface area contributed by atoms with Crippen LogP contribution in [0.3, 0.4) is 0 Å². The number of nitrogens with zero attached hydrogens (tertiary/aromatic N) is 2. The van der Waals surface area contributed by atoms with Crippen LogP contribution in [0, 0.1) is 21.4 Å². The van der Waals surface area contributed by atoms with Crippen molar-refractivity contribution < 1.29 is 28.7 Å². The third-order valence-electron chi connectivity index (χ3n) is 3.74. The van der Waals surface area contributed by atoms with E-state index < -0.39 is 23.4 Å². The highest BCUT2D eigenvalue weighted by molar-refractivity contribution is 5.95. The van der Waals surface area contributed by atoms with E-state index in [1.807, 2.05) is 6.07 Å². The number of amides is 1. The molecule has 0 bridgehead atoms. The summed E-state index contributed by atoms with van der Waals surface area (Å²) in [7, 11) is 0. The number of esters is 1. The summed E-state index contributed by atoms with van der Waals surface area (Å²) >= 11 is 0. The van der Waals surface area contributed by atoms with Gasteiger partial charge in [0.15, 0.2) is 18.1 Å². The number of nitriles is 1. The van der Waals surface area contributed by atoms with Crippen molar-refractivity contribution in [3.05, 3.63) is 63.7 Å². The van der Waals surface area contributed by atoms with Gasteiger partial charge in [-0.25, -0.2) is 4.79 Å². The van der Waals surface area contributed by atoms with Crippen molar-refractivity contribution >= 4 is 29.3 Å². The molecule has 0 atom stereocenters. The summed E-state index contributed by atoms with van der Waals surface area (Å²) in [6.07, 6.45) is 2.16. The van der Waals surface area contributed by atoms with Crippen LogP contribution in [0.5, 0.6) is 11.5 Å². The van der Waals surface area contributed by atoms with Gasteiger partial charge in [0.2, 0.25) is 6.79 Å². The molecule has 29 heavy (non-hydrogen) atoms. The van der Waals surface area contributed by atoms with E-state index in [-0.39, 0.29) is 23.8 Å². The van der Waals surface area contributed by atoms with Crippen molar-refractivity contribution in [2.24, 2.45) is 0 Å². The molecular weight excluding hydrogens is 382 g/mol. The van der Waals surface area contributed by atoms with Crippen molar-refractivity contribution in [1.82, 2.24) is 0 Å². The third-order valence-corrected chi connectivity index (χ3v) is 3.74. The van der Waals surface area contributed by atoms with Gasteiger partial charge in [-0.1, -0.05) is 6.07 Å². The fourth-order valence-electron chi connectivity index (χ4n) is 2.44. The standard InChI is InChI=1S/C19H13N3O7/c20-9-12-2-1-3-14(6-12)21-18(23)10-27-19(24)5-4-13-7-16-17(29-11-28-16)8-15(13)22(25)26/h1-8H,10-11H2,(H,21,23)/b5-4+. The maximum atomic E-state index is 11.8. The highest BCUT2D eigenvalue weighted by Gasteiger charge is 2.22. The molecule has 10 nitrogen and oxygen atoms in total. The number of hydrogen-bond donors (Lipinski definition) is 1. The van der Waals surface area contributed by atoms with Crippen molar-refractivity contribution in [2.45, 2.75) is 0 Å². The lowest BCUT2D eigenvalue weighted by molar-refractivity contribution is -0.385. The number of nitrogens with one attached hydrogen (secondary N) is 1. The first-order valence-corrected chi connectivity index (χ1v) is 8.19. The predicted molar refractivity (Wildman–Crippen MR) is 99.0 cm³/mol. The fourth-order valence-corrected chi connectivity index (χ4v) is 2.44. The van der Waals surface area contributed by atoms with Crippen molar-refractivity contribution in [3.63, 3.8) is 0 Å². The van der Waals surface area contributed by atoms with Gasteiger partial charge in [-0.2, -0.15) is 5.26 Å². The second kappa shape index (κ2) is 8.53. The van der Waals surface area contributed by atoms with Crippen LogP contribution in [-0.2, 0) is 14.3 Å². The number of rotatable bonds is 6. The van der Waals surface area contributed by atoms with E-state index in [4.69, 9.17) is 19.5 Å². The molecule has 1 heterocycles. The molecule has 0 radical (unpaired) electrons. The van der Waals surface area contributed by atoms with E-state index in [1.165, 1.54) is 24.3 Å². The minimum atomic E-state index is -0.863. The summed E-state index contributed by atoms with van der Waals surface area (Å²) < 4.78 is 15.1. The van der Waals surface area contributed by atoms with E-state index in [0.29, 0.717) is 17.0 Å². The molecule has 0 aromatic heterocycles. The highest BCUT2D eigenvalue weighted by atomic mass is 16.7. The molecule has 2 aromatic rings. The summed E-state index contributed by atoms with van der Waals surface area (Å²) in [4.78, 5) is 34.2. The molecule has 1 aliphatic rings. The van der Waals surface area contributed by atoms with Gasteiger partial charge >= 0.3 is 5.97 Å². The van der Waals surface area contributed by atoms with Gasteiger partial charge in [-0.15, -0.1) is 0 Å². The van der Waals surface area contributed by atoms with E-state index in [2.05, 4.69) is 5.32 Å². The smallest absolute Gasteiger partial charge is 0.331 e. The lowest BCUT2D eigenvalue weighted by Gasteiger charge is -2.05. The first-order valence-electron chi connectivity index (χ1n) is 8.19. The average molecular weight is 395 g/mol. The van der Waals surface area contributed by atoms with Crippen LogP contribution in [0.1, 0.15) is 11.1 Å². The van der Waals surface area contributed by atoms with Crippen LogP contribution in [0.2, 0.25) is 0 Å². The third kappa shape index (κ3) is 4.86. The second-order valence-electron chi connectivity index (χ2n) is 5.70. The molecule has 2 aromatic carbocycles. The number of anilines is 1. The molecule has 0 unspecified atom stereocenters. The Bertz CT molecular complexity index is 1060. The van der Waals surface area contributed by atoms with Gasteiger partial charge in [0.1, 0.15) is 0 Å². The van der Waals surface area contributed by atoms with Crippen LogP contribution in [0.25, 0.3) is 6.08 Å². The Morgan fingerprint density at radius 1 is 1.28 bits per heavy atom. The molecule has 0 fully saturated rings. The Labute approximate surface area is 164 Å². The number of carbonyl (C=O) groups is 2. The molecule has 0 saturated heterocycles. The molecule has 1 N–H and O–H groups in total. The molecular formula is C19H13N3O7. The number of nitro groups is 1. The largest absolute Gasteiger partial charge is 0.454 e. The van der Waals surface area contributed by atoms with Crippen molar-refractivity contribution in [1.29, 1.82) is 5.26 Å². The second-order valence-corrected chi connectivity index (χ2v) is 5.70. The van der Waals surface area contributed by atoms with Gasteiger partial charge in [0, 0.05) is 11.8 Å². The zero-order valence-electron chi connectivity index (χ0n) is 14.8. The summed E-state index contributed by atoms with van der Waals surface area (Å²) in [6.45, 7) is -0.614. The number of carbonyl (C=O) groups excluding carboxylic acids is 2. The Morgan fingerprint density at radius 2 is 2.03 bits per heavy atom.